The van der Waals surface area contributed by atoms with E-state index in [1.807, 2.05) is 0 Å². The van der Waals surface area contributed by atoms with E-state index >= 15 is 0 Å². The van der Waals surface area contributed by atoms with Crippen LogP contribution in [0.1, 0.15) is 68.0 Å². The monoisotopic (exact) mass is 292 g/mol. The van der Waals surface area contributed by atoms with Gasteiger partial charge in [-0.15, -0.1) is 0 Å². The van der Waals surface area contributed by atoms with Gasteiger partial charge >= 0.3 is 0 Å². The Labute approximate surface area is 125 Å². The van der Waals surface area contributed by atoms with Crippen LogP contribution in [0.3, 0.4) is 0 Å². The van der Waals surface area contributed by atoms with Crippen LogP contribution in [0.25, 0.3) is 0 Å². The molecule has 1 aromatic heterocycles. The first-order valence-corrected chi connectivity index (χ1v) is 8.07. The maximum Gasteiger partial charge on any atom is 0.292 e. The quantitative estimate of drug-likeness (QED) is 0.888. The molecule has 2 fully saturated rings. The molecule has 1 saturated carbocycles. The molecule has 1 aromatic rings. The minimum atomic E-state index is -0.221. The number of rotatable bonds is 4. The number of amides is 1. The number of aromatic nitrogens is 2. The highest BCUT2D eigenvalue weighted by Gasteiger charge is 2.25. The summed E-state index contributed by atoms with van der Waals surface area (Å²) in [5.74, 6) is 1.89. The number of nitrogens with one attached hydrogen (secondary N) is 2. The zero-order valence-electron chi connectivity index (χ0n) is 12.6. The Balaban J connectivity index is 1.49. The summed E-state index contributed by atoms with van der Waals surface area (Å²) < 4.78 is 5.19. The number of hydrogen-bond acceptors (Lipinski definition) is 5. The summed E-state index contributed by atoms with van der Waals surface area (Å²) in [4.78, 5) is 16.3. The van der Waals surface area contributed by atoms with Gasteiger partial charge in [0.1, 0.15) is 0 Å². The third-order valence-electron chi connectivity index (χ3n) is 4.69. The fraction of sp³-hybridized carbons (Fsp3) is 0.800. The van der Waals surface area contributed by atoms with Crippen molar-refractivity contribution in [1.29, 1.82) is 0 Å². The zero-order valence-corrected chi connectivity index (χ0v) is 12.6. The van der Waals surface area contributed by atoms with Crippen molar-refractivity contribution in [3.05, 3.63) is 11.7 Å². The van der Waals surface area contributed by atoms with Crippen molar-refractivity contribution in [3.63, 3.8) is 0 Å². The van der Waals surface area contributed by atoms with Gasteiger partial charge in [-0.2, -0.15) is 4.98 Å². The van der Waals surface area contributed by atoms with Crippen LogP contribution in [0.15, 0.2) is 4.52 Å². The molecule has 2 N–H and O–H groups in total. The van der Waals surface area contributed by atoms with Crippen LogP contribution in [-0.4, -0.2) is 29.1 Å². The predicted molar refractivity (Wildman–Crippen MR) is 77.7 cm³/mol. The van der Waals surface area contributed by atoms with E-state index in [2.05, 4.69) is 27.7 Å². The SMILES string of the molecule is CC1CCC(CNC(=O)c2noc(C3CCCN3)n2)CC1. The summed E-state index contributed by atoms with van der Waals surface area (Å²) in [6.07, 6.45) is 7.02. The molecule has 0 radical (unpaired) electrons. The standard InChI is InChI=1S/C15H24N4O2/c1-10-4-6-11(7-5-10)9-17-14(20)13-18-15(21-19-13)12-3-2-8-16-12/h10-12,16H,2-9H2,1H3,(H,17,20). The fourth-order valence-electron chi connectivity index (χ4n) is 3.21. The third-order valence-corrected chi connectivity index (χ3v) is 4.69. The van der Waals surface area contributed by atoms with Gasteiger partial charge < -0.3 is 15.2 Å². The van der Waals surface area contributed by atoms with Crippen LogP contribution < -0.4 is 10.6 Å². The maximum absolute atomic E-state index is 12.1. The molecular weight excluding hydrogens is 268 g/mol. The van der Waals surface area contributed by atoms with Crippen molar-refractivity contribution in [3.8, 4) is 0 Å². The molecule has 116 valence electrons. The highest BCUT2D eigenvalue weighted by atomic mass is 16.5. The third kappa shape index (κ3) is 3.61. The van der Waals surface area contributed by atoms with Gasteiger partial charge in [0.15, 0.2) is 0 Å². The molecule has 6 nitrogen and oxygen atoms in total. The summed E-state index contributed by atoms with van der Waals surface area (Å²) in [5, 5.41) is 10.0. The first-order valence-electron chi connectivity index (χ1n) is 8.07. The molecule has 0 bridgehead atoms. The molecule has 1 amide bonds. The van der Waals surface area contributed by atoms with E-state index in [1.165, 1.54) is 25.7 Å². The normalized spacial score (nSPS) is 29.5. The van der Waals surface area contributed by atoms with E-state index in [1.54, 1.807) is 0 Å². The summed E-state index contributed by atoms with van der Waals surface area (Å²) in [6.45, 7) is 3.98. The average molecular weight is 292 g/mol. The minimum absolute atomic E-state index is 0.110. The van der Waals surface area contributed by atoms with Crippen molar-refractivity contribution >= 4 is 5.91 Å². The zero-order chi connectivity index (χ0) is 14.7. The molecular formula is C15H24N4O2. The molecule has 3 rings (SSSR count). The first kappa shape index (κ1) is 14.5. The highest BCUT2D eigenvalue weighted by Crippen LogP contribution is 2.27. The summed E-state index contributed by atoms with van der Waals surface area (Å²) >= 11 is 0. The number of hydrogen-bond donors (Lipinski definition) is 2. The van der Waals surface area contributed by atoms with Crippen LogP contribution >= 0.6 is 0 Å². The van der Waals surface area contributed by atoms with Crippen LogP contribution in [0.4, 0.5) is 0 Å². The molecule has 1 aliphatic carbocycles. The molecule has 2 heterocycles. The lowest BCUT2D eigenvalue weighted by atomic mass is 9.83. The lowest BCUT2D eigenvalue weighted by Gasteiger charge is -2.25. The van der Waals surface area contributed by atoms with Gasteiger partial charge in [0, 0.05) is 6.54 Å². The van der Waals surface area contributed by atoms with Gasteiger partial charge in [-0.1, -0.05) is 24.9 Å². The Morgan fingerprint density at radius 3 is 2.86 bits per heavy atom. The van der Waals surface area contributed by atoms with Crippen molar-refractivity contribution < 1.29 is 9.32 Å². The van der Waals surface area contributed by atoms with Gasteiger partial charge in [-0.25, -0.2) is 0 Å². The minimum Gasteiger partial charge on any atom is -0.349 e. The topological polar surface area (TPSA) is 80.0 Å². The van der Waals surface area contributed by atoms with Gasteiger partial charge in [0.25, 0.3) is 11.7 Å². The first-order chi connectivity index (χ1) is 10.2. The van der Waals surface area contributed by atoms with Crippen molar-refractivity contribution in [2.24, 2.45) is 11.8 Å². The molecule has 1 unspecified atom stereocenters. The summed E-state index contributed by atoms with van der Waals surface area (Å²) in [7, 11) is 0. The molecule has 0 spiro atoms. The van der Waals surface area contributed by atoms with Gasteiger partial charge in [-0.3, -0.25) is 4.79 Å². The number of carbonyl (C=O) groups is 1. The van der Waals surface area contributed by atoms with Crippen LogP contribution in [-0.2, 0) is 0 Å². The molecule has 1 atom stereocenters. The second kappa shape index (κ2) is 6.56. The average Bonchev–Trinajstić information content (AvgIpc) is 3.17. The second-order valence-electron chi connectivity index (χ2n) is 6.44. The Morgan fingerprint density at radius 2 is 2.14 bits per heavy atom. The Bertz CT molecular complexity index is 474. The maximum atomic E-state index is 12.1. The predicted octanol–water partition coefficient (Wildman–Crippen LogP) is 2.05. The highest BCUT2D eigenvalue weighted by molar-refractivity contribution is 5.90. The lowest BCUT2D eigenvalue weighted by Crippen LogP contribution is -2.31. The fourth-order valence-corrected chi connectivity index (χ4v) is 3.21. The lowest BCUT2D eigenvalue weighted by molar-refractivity contribution is 0.0928. The van der Waals surface area contributed by atoms with E-state index in [9.17, 15) is 4.79 Å². The Kier molecular flexibility index (Phi) is 4.53. The second-order valence-corrected chi connectivity index (χ2v) is 6.44. The van der Waals surface area contributed by atoms with Crippen LogP contribution in [0, 0.1) is 11.8 Å². The van der Waals surface area contributed by atoms with Crippen molar-refractivity contribution in [2.75, 3.05) is 13.1 Å². The number of nitrogens with zero attached hydrogens (tertiary/aromatic N) is 2. The molecule has 1 saturated heterocycles. The van der Waals surface area contributed by atoms with E-state index in [4.69, 9.17) is 4.52 Å². The van der Waals surface area contributed by atoms with Crippen molar-refractivity contribution in [2.45, 2.75) is 51.5 Å². The summed E-state index contributed by atoms with van der Waals surface area (Å²) in [6, 6.07) is 0.110. The van der Waals surface area contributed by atoms with Gasteiger partial charge in [-0.05, 0) is 44.1 Å². The van der Waals surface area contributed by atoms with Crippen molar-refractivity contribution in [1.82, 2.24) is 20.8 Å². The van der Waals surface area contributed by atoms with Crippen LogP contribution in [0.2, 0.25) is 0 Å². The molecule has 2 aliphatic rings. The number of carbonyl (C=O) groups excluding carboxylic acids is 1. The van der Waals surface area contributed by atoms with Gasteiger partial charge in [0.2, 0.25) is 5.89 Å². The van der Waals surface area contributed by atoms with E-state index < -0.39 is 0 Å². The van der Waals surface area contributed by atoms with Crippen LogP contribution in [0.5, 0.6) is 0 Å². The van der Waals surface area contributed by atoms with E-state index in [0.717, 1.165) is 31.8 Å². The molecule has 6 heteroatoms. The summed E-state index contributed by atoms with van der Waals surface area (Å²) in [5.41, 5.74) is 0. The smallest absolute Gasteiger partial charge is 0.292 e. The Hall–Kier alpha value is -1.43. The Morgan fingerprint density at radius 1 is 1.33 bits per heavy atom. The molecule has 0 aromatic carbocycles. The largest absolute Gasteiger partial charge is 0.349 e. The van der Waals surface area contributed by atoms with E-state index in [0.29, 0.717) is 11.8 Å². The van der Waals surface area contributed by atoms with E-state index in [-0.39, 0.29) is 17.8 Å². The molecule has 21 heavy (non-hydrogen) atoms. The van der Waals surface area contributed by atoms with Gasteiger partial charge in [0.05, 0.1) is 6.04 Å². The molecule has 1 aliphatic heterocycles.